The first-order chi connectivity index (χ1) is 12.0. The minimum atomic E-state index is -0.983. The molecule has 1 aliphatic rings. The maximum Gasteiger partial charge on any atom is 0.335 e. The monoisotopic (exact) mass is 361 g/mol. The number of likely N-dealkylation sites (tertiary alicyclic amines) is 1. The minimum Gasteiger partial charge on any atom is -0.478 e. The molecule has 0 bridgehead atoms. The highest BCUT2D eigenvalue weighted by molar-refractivity contribution is 6.33. The van der Waals surface area contributed by atoms with Crippen molar-refractivity contribution in [1.29, 1.82) is 0 Å². The van der Waals surface area contributed by atoms with E-state index in [1.54, 1.807) is 17.0 Å². The van der Waals surface area contributed by atoms with Gasteiger partial charge < -0.3 is 10.0 Å². The van der Waals surface area contributed by atoms with Gasteiger partial charge in [0, 0.05) is 19.0 Å². The summed E-state index contributed by atoms with van der Waals surface area (Å²) in [6, 6.07) is 10.9. The average Bonchev–Trinajstić information content (AvgIpc) is 2.61. The lowest BCUT2D eigenvalue weighted by atomic mass is 9.89. The van der Waals surface area contributed by atoms with Crippen LogP contribution in [0, 0.1) is 5.82 Å². The molecule has 0 radical (unpaired) electrons. The molecule has 1 heterocycles. The van der Waals surface area contributed by atoms with Gasteiger partial charge in [0.1, 0.15) is 5.82 Å². The van der Waals surface area contributed by atoms with Crippen LogP contribution in [0.15, 0.2) is 42.5 Å². The molecule has 1 amide bonds. The molecule has 1 N–H and O–H groups in total. The molecule has 1 atom stereocenters. The van der Waals surface area contributed by atoms with Crippen LogP contribution in [-0.4, -0.2) is 35.0 Å². The van der Waals surface area contributed by atoms with Gasteiger partial charge in [-0.25, -0.2) is 9.18 Å². The SMILES string of the molecule is O=C(O)c1cccc([C@H]2CCCN(C(=O)c3c(F)cccc3Cl)C2)c1. The highest BCUT2D eigenvalue weighted by atomic mass is 35.5. The van der Waals surface area contributed by atoms with Crippen molar-refractivity contribution in [2.24, 2.45) is 0 Å². The first kappa shape index (κ1) is 17.4. The Morgan fingerprint density at radius 3 is 2.68 bits per heavy atom. The fourth-order valence-electron chi connectivity index (χ4n) is 3.22. The van der Waals surface area contributed by atoms with Gasteiger partial charge in [0.05, 0.1) is 16.1 Å². The Bertz CT molecular complexity index is 804. The smallest absolute Gasteiger partial charge is 0.335 e. The Hall–Kier alpha value is -2.40. The van der Waals surface area contributed by atoms with E-state index in [0.29, 0.717) is 13.1 Å². The number of nitrogens with zero attached hydrogens (tertiary/aromatic N) is 1. The molecule has 3 rings (SSSR count). The zero-order valence-corrected chi connectivity index (χ0v) is 14.2. The number of hydrogen-bond acceptors (Lipinski definition) is 2. The van der Waals surface area contributed by atoms with Gasteiger partial charge in [0.2, 0.25) is 0 Å². The van der Waals surface area contributed by atoms with Gasteiger partial charge in [-0.1, -0.05) is 29.8 Å². The maximum absolute atomic E-state index is 14.0. The molecule has 6 heteroatoms. The third-order valence-electron chi connectivity index (χ3n) is 4.49. The summed E-state index contributed by atoms with van der Waals surface area (Å²) in [5.41, 5.74) is 0.985. The normalized spacial score (nSPS) is 17.4. The van der Waals surface area contributed by atoms with Gasteiger partial charge >= 0.3 is 5.97 Å². The average molecular weight is 362 g/mol. The third kappa shape index (κ3) is 3.66. The lowest BCUT2D eigenvalue weighted by Crippen LogP contribution is -2.39. The van der Waals surface area contributed by atoms with Crippen LogP contribution < -0.4 is 0 Å². The van der Waals surface area contributed by atoms with Crippen LogP contribution in [0.2, 0.25) is 5.02 Å². The van der Waals surface area contributed by atoms with E-state index in [0.717, 1.165) is 18.4 Å². The van der Waals surface area contributed by atoms with Gasteiger partial charge in [-0.15, -0.1) is 0 Å². The van der Waals surface area contributed by atoms with E-state index in [2.05, 4.69) is 0 Å². The molecular weight excluding hydrogens is 345 g/mol. The van der Waals surface area contributed by atoms with Gasteiger partial charge in [0.25, 0.3) is 5.91 Å². The van der Waals surface area contributed by atoms with Gasteiger partial charge in [-0.3, -0.25) is 4.79 Å². The molecule has 130 valence electrons. The fraction of sp³-hybridized carbons (Fsp3) is 0.263. The van der Waals surface area contributed by atoms with E-state index >= 15 is 0 Å². The zero-order chi connectivity index (χ0) is 18.0. The summed E-state index contributed by atoms with van der Waals surface area (Å²) in [7, 11) is 0. The van der Waals surface area contributed by atoms with Gasteiger partial charge in [-0.2, -0.15) is 0 Å². The molecule has 0 unspecified atom stereocenters. The predicted octanol–water partition coefficient (Wildman–Crippen LogP) is 4.20. The lowest BCUT2D eigenvalue weighted by Gasteiger charge is -2.33. The van der Waals surface area contributed by atoms with Crippen LogP contribution in [0.25, 0.3) is 0 Å². The Morgan fingerprint density at radius 2 is 1.96 bits per heavy atom. The van der Waals surface area contributed by atoms with E-state index in [-0.39, 0.29) is 22.1 Å². The highest BCUT2D eigenvalue weighted by Crippen LogP contribution is 2.30. The molecule has 2 aromatic rings. The summed E-state index contributed by atoms with van der Waals surface area (Å²) in [5.74, 6) is -2.03. The second kappa shape index (κ2) is 7.23. The Morgan fingerprint density at radius 1 is 1.20 bits per heavy atom. The van der Waals surface area contributed by atoms with Crippen LogP contribution in [0.1, 0.15) is 45.0 Å². The molecule has 0 aromatic heterocycles. The topological polar surface area (TPSA) is 57.6 Å². The Balaban J connectivity index is 1.83. The number of hydrogen-bond donors (Lipinski definition) is 1. The second-order valence-electron chi connectivity index (χ2n) is 6.12. The van der Waals surface area contributed by atoms with E-state index in [4.69, 9.17) is 16.7 Å². The Labute approximate surface area is 149 Å². The summed E-state index contributed by atoms with van der Waals surface area (Å²) in [6.45, 7) is 0.936. The van der Waals surface area contributed by atoms with Crippen molar-refractivity contribution in [3.63, 3.8) is 0 Å². The molecule has 25 heavy (non-hydrogen) atoms. The molecule has 2 aromatic carbocycles. The molecule has 1 fully saturated rings. The van der Waals surface area contributed by atoms with Crippen LogP contribution in [0.5, 0.6) is 0 Å². The molecule has 0 spiro atoms. The standard InChI is InChI=1S/C19H17ClFNO3/c20-15-7-2-8-16(21)17(15)18(23)22-9-3-6-14(11-22)12-4-1-5-13(10-12)19(24)25/h1-2,4-5,7-8,10,14H,3,6,9,11H2,(H,24,25)/t14-/m0/s1. The first-order valence-corrected chi connectivity index (χ1v) is 8.41. The predicted molar refractivity (Wildman–Crippen MR) is 92.7 cm³/mol. The number of aromatic carboxylic acids is 1. The lowest BCUT2D eigenvalue weighted by molar-refractivity contribution is 0.0686. The molecule has 4 nitrogen and oxygen atoms in total. The number of halogens is 2. The van der Waals surface area contributed by atoms with Crippen molar-refractivity contribution in [2.45, 2.75) is 18.8 Å². The number of carboxylic acid groups (broad SMARTS) is 1. The van der Waals surface area contributed by atoms with Crippen LogP contribution in [0.3, 0.4) is 0 Å². The minimum absolute atomic E-state index is 0.0162. The quantitative estimate of drug-likeness (QED) is 0.891. The van der Waals surface area contributed by atoms with Crippen molar-refractivity contribution < 1.29 is 19.1 Å². The zero-order valence-electron chi connectivity index (χ0n) is 13.4. The fourth-order valence-corrected chi connectivity index (χ4v) is 3.46. The van der Waals surface area contributed by atoms with Crippen LogP contribution in [0.4, 0.5) is 4.39 Å². The van der Waals surface area contributed by atoms with E-state index in [9.17, 15) is 14.0 Å². The summed E-state index contributed by atoms with van der Waals surface area (Å²) in [5, 5.41) is 9.23. The number of carboxylic acids is 1. The summed E-state index contributed by atoms with van der Waals surface area (Å²) in [4.78, 5) is 25.4. The number of piperidine rings is 1. The molecule has 1 aliphatic heterocycles. The second-order valence-corrected chi connectivity index (χ2v) is 6.52. The first-order valence-electron chi connectivity index (χ1n) is 8.04. The van der Waals surface area contributed by atoms with Crippen molar-refractivity contribution in [3.05, 3.63) is 70.0 Å². The van der Waals surface area contributed by atoms with Crippen molar-refractivity contribution in [3.8, 4) is 0 Å². The third-order valence-corrected chi connectivity index (χ3v) is 4.81. The summed E-state index contributed by atoms with van der Waals surface area (Å²) >= 11 is 6.00. The molecule has 0 saturated carbocycles. The highest BCUT2D eigenvalue weighted by Gasteiger charge is 2.28. The van der Waals surface area contributed by atoms with Crippen molar-refractivity contribution in [2.75, 3.05) is 13.1 Å². The molecule has 1 saturated heterocycles. The number of rotatable bonds is 3. The Kier molecular flexibility index (Phi) is 5.04. The number of benzene rings is 2. The largest absolute Gasteiger partial charge is 0.478 e. The molecule has 0 aliphatic carbocycles. The van der Waals surface area contributed by atoms with Crippen LogP contribution in [-0.2, 0) is 0 Å². The van der Waals surface area contributed by atoms with E-state index in [1.165, 1.54) is 24.3 Å². The number of amides is 1. The van der Waals surface area contributed by atoms with E-state index in [1.807, 2.05) is 6.07 Å². The number of carbonyl (C=O) groups is 2. The molecular formula is C19H17ClFNO3. The summed E-state index contributed by atoms with van der Waals surface area (Å²) in [6.07, 6.45) is 1.61. The summed E-state index contributed by atoms with van der Waals surface area (Å²) < 4.78 is 14.0. The van der Waals surface area contributed by atoms with Gasteiger partial charge in [-0.05, 0) is 42.7 Å². The van der Waals surface area contributed by atoms with Crippen LogP contribution >= 0.6 is 11.6 Å². The van der Waals surface area contributed by atoms with Gasteiger partial charge in [0.15, 0.2) is 0 Å². The maximum atomic E-state index is 14.0. The van der Waals surface area contributed by atoms with E-state index < -0.39 is 17.7 Å². The van der Waals surface area contributed by atoms with Crippen molar-refractivity contribution >= 4 is 23.5 Å². The number of carbonyl (C=O) groups excluding carboxylic acids is 1. The van der Waals surface area contributed by atoms with Crippen molar-refractivity contribution in [1.82, 2.24) is 4.90 Å².